The Labute approximate surface area is 120 Å². The second-order valence-corrected chi connectivity index (χ2v) is 5.18. The molecule has 4 heteroatoms. The lowest BCUT2D eigenvalue weighted by molar-refractivity contribution is 0.123. The maximum atomic E-state index is 12.8. The third-order valence-corrected chi connectivity index (χ3v) is 3.72. The van der Waals surface area contributed by atoms with Crippen molar-refractivity contribution in [1.29, 1.82) is 0 Å². The number of hydrogen-bond donors (Lipinski definition) is 0. The summed E-state index contributed by atoms with van der Waals surface area (Å²) in [6.07, 6.45) is 1.35. The summed E-state index contributed by atoms with van der Waals surface area (Å²) in [5.41, 5.74) is 3.14. The average molecular weight is 326 g/mol. The van der Waals surface area contributed by atoms with Gasteiger partial charge in [0.25, 0.3) is 6.43 Å². The Bertz CT molecular complexity index is 561. The Morgan fingerprint density at radius 3 is 2.58 bits per heavy atom. The van der Waals surface area contributed by atoms with E-state index in [1.54, 1.807) is 4.90 Å². The molecule has 0 spiro atoms. The summed E-state index contributed by atoms with van der Waals surface area (Å²) >= 11 is 3.46. The van der Waals surface area contributed by atoms with Crippen LogP contribution in [0.2, 0.25) is 0 Å². The zero-order valence-electron chi connectivity index (χ0n) is 10.5. The van der Waals surface area contributed by atoms with Gasteiger partial charge in [-0.25, -0.2) is 8.78 Å². The fourth-order valence-electron chi connectivity index (χ4n) is 2.00. The minimum atomic E-state index is -2.41. The van der Waals surface area contributed by atoms with Crippen molar-refractivity contribution in [3.63, 3.8) is 0 Å². The number of hydrogen-bond acceptors (Lipinski definition) is 1. The molecular weight excluding hydrogens is 312 g/mol. The van der Waals surface area contributed by atoms with Gasteiger partial charge in [-0.15, -0.1) is 0 Å². The lowest BCUT2D eigenvalue weighted by atomic mass is 10.0. The summed E-state index contributed by atoms with van der Waals surface area (Å²) in [6, 6.07) is 7.57. The molecule has 1 aromatic rings. The van der Waals surface area contributed by atoms with Crippen LogP contribution in [0.5, 0.6) is 0 Å². The van der Waals surface area contributed by atoms with Crippen LogP contribution in [0.25, 0.3) is 5.70 Å². The van der Waals surface area contributed by atoms with Crippen LogP contribution in [-0.4, -0.2) is 17.9 Å². The van der Waals surface area contributed by atoms with Crippen LogP contribution in [0.3, 0.4) is 0 Å². The molecule has 1 aliphatic heterocycles. The van der Waals surface area contributed by atoms with E-state index in [0.29, 0.717) is 5.70 Å². The number of halogens is 3. The quantitative estimate of drug-likeness (QED) is 0.769. The monoisotopic (exact) mass is 325 g/mol. The van der Waals surface area contributed by atoms with Gasteiger partial charge in [-0.05, 0) is 24.6 Å². The molecule has 1 aromatic carbocycles. The van der Waals surface area contributed by atoms with E-state index in [4.69, 9.17) is 0 Å². The van der Waals surface area contributed by atoms with Crippen molar-refractivity contribution in [2.75, 3.05) is 6.54 Å². The van der Waals surface area contributed by atoms with Crippen molar-refractivity contribution in [2.45, 2.75) is 13.3 Å². The largest absolute Gasteiger partial charge is 0.335 e. The van der Waals surface area contributed by atoms with Crippen molar-refractivity contribution >= 4 is 21.6 Å². The van der Waals surface area contributed by atoms with Crippen LogP contribution in [-0.2, 0) is 0 Å². The Kier molecular flexibility index (Phi) is 4.20. The lowest BCUT2D eigenvalue weighted by Gasteiger charge is -2.32. The molecule has 1 aliphatic rings. The molecule has 0 fully saturated rings. The summed E-state index contributed by atoms with van der Waals surface area (Å²) in [7, 11) is 0. The van der Waals surface area contributed by atoms with Gasteiger partial charge in [0.1, 0.15) is 0 Å². The third-order valence-electron chi connectivity index (χ3n) is 3.03. The van der Waals surface area contributed by atoms with Gasteiger partial charge in [-0.1, -0.05) is 46.8 Å². The SMILES string of the molecule is C=C1C(C)=CC=C(c2ccccc2Br)N1CC(F)F. The predicted octanol–water partition coefficient (Wildman–Crippen LogP) is 4.83. The highest BCUT2D eigenvalue weighted by atomic mass is 79.9. The fraction of sp³-hybridized carbons (Fsp3) is 0.200. The molecule has 0 radical (unpaired) electrons. The van der Waals surface area contributed by atoms with E-state index in [1.807, 2.05) is 43.3 Å². The Morgan fingerprint density at radius 2 is 1.95 bits per heavy atom. The third kappa shape index (κ3) is 2.95. The molecule has 0 aliphatic carbocycles. The highest BCUT2D eigenvalue weighted by molar-refractivity contribution is 9.10. The van der Waals surface area contributed by atoms with Crippen LogP contribution in [0, 0.1) is 0 Å². The highest BCUT2D eigenvalue weighted by Crippen LogP contribution is 2.34. The second-order valence-electron chi connectivity index (χ2n) is 4.33. The van der Waals surface area contributed by atoms with Crippen LogP contribution in [0.4, 0.5) is 8.78 Å². The molecule has 0 bridgehead atoms. The molecular formula is C15H14BrF2N. The van der Waals surface area contributed by atoms with Crippen LogP contribution < -0.4 is 0 Å². The number of alkyl halides is 2. The maximum Gasteiger partial charge on any atom is 0.256 e. The van der Waals surface area contributed by atoms with Crippen molar-refractivity contribution in [1.82, 2.24) is 4.90 Å². The zero-order valence-corrected chi connectivity index (χ0v) is 12.1. The van der Waals surface area contributed by atoms with Gasteiger partial charge in [0, 0.05) is 21.4 Å². The minimum absolute atomic E-state index is 0.350. The van der Waals surface area contributed by atoms with Crippen molar-refractivity contribution in [3.8, 4) is 0 Å². The number of rotatable bonds is 3. The summed E-state index contributed by atoms with van der Waals surface area (Å²) in [5.74, 6) is 0. The van der Waals surface area contributed by atoms with E-state index < -0.39 is 6.43 Å². The highest BCUT2D eigenvalue weighted by Gasteiger charge is 2.23. The van der Waals surface area contributed by atoms with Crippen molar-refractivity contribution in [3.05, 3.63) is 64.3 Å². The van der Waals surface area contributed by atoms with Gasteiger partial charge in [0.2, 0.25) is 0 Å². The molecule has 1 heterocycles. The molecule has 2 rings (SSSR count). The van der Waals surface area contributed by atoms with Gasteiger partial charge in [-0.3, -0.25) is 0 Å². The standard InChI is InChI=1S/C15H14BrF2N/c1-10-7-8-14(12-5-3-4-6-13(12)16)19(11(10)2)9-15(17)18/h3-8,15H,2,9H2,1H3. The maximum absolute atomic E-state index is 12.8. The molecule has 0 atom stereocenters. The fourth-order valence-corrected chi connectivity index (χ4v) is 2.49. The molecule has 1 nitrogen and oxygen atoms in total. The van der Waals surface area contributed by atoms with E-state index in [9.17, 15) is 8.78 Å². The Balaban J connectivity index is 2.46. The topological polar surface area (TPSA) is 3.24 Å². The molecule has 100 valence electrons. The molecule has 0 unspecified atom stereocenters. The van der Waals surface area contributed by atoms with Gasteiger partial charge in [0.05, 0.1) is 6.54 Å². The molecule has 0 saturated heterocycles. The van der Waals surface area contributed by atoms with Gasteiger partial charge in [0.15, 0.2) is 0 Å². The van der Waals surface area contributed by atoms with E-state index >= 15 is 0 Å². The molecule has 19 heavy (non-hydrogen) atoms. The summed E-state index contributed by atoms with van der Waals surface area (Å²) < 4.78 is 26.4. The zero-order chi connectivity index (χ0) is 14.0. The van der Waals surface area contributed by atoms with Crippen molar-refractivity contribution < 1.29 is 8.78 Å². The van der Waals surface area contributed by atoms with Gasteiger partial charge in [-0.2, -0.15) is 0 Å². The van der Waals surface area contributed by atoms with E-state index in [1.165, 1.54) is 0 Å². The number of allylic oxidation sites excluding steroid dienone is 3. The first kappa shape index (κ1) is 14.0. The lowest BCUT2D eigenvalue weighted by Crippen LogP contribution is -2.28. The summed E-state index contributed by atoms with van der Waals surface area (Å²) in [4.78, 5) is 1.57. The first-order valence-electron chi connectivity index (χ1n) is 5.89. The second kappa shape index (κ2) is 5.70. The average Bonchev–Trinajstić information content (AvgIpc) is 2.36. The first-order valence-corrected chi connectivity index (χ1v) is 6.68. The predicted molar refractivity (Wildman–Crippen MR) is 77.7 cm³/mol. The van der Waals surface area contributed by atoms with E-state index in [0.717, 1.165) is 21.3 Å². The Morgan fingerprint density at radius 1 is 1.26 bits per heavy atom. The first-order chi connectivity index (χ1) is 9.00. The van der Waals surface area contributed by atoms with Crippen LogP contribution in [0.1, 0.15) is 12.5 Å². The van der Waals surface area contributed by atoms with Crippen molar-refractivity contribution in [2.24, 2.45) is 0 Å². The van der Waals surface area contributed by atoms with E-state index in [2.05, 4.69) is 22.5 Å². The normalized spacial score (nSPS) is 15.6. The smallest absolute Gasteiger partial charge is 0.256 e. The number of benzene rings is 1. The number of nitrogens with zero attached hydrogens (tertiary/aromatic N) is 1. The molecule has 0 N–H and O–H groups in total. The molecule has 0 amide bonds. The minimum Gasteiger partial charge on any atom is -0.335 e. The van der Waals surface area contributed by atoms with Crippen LogP contribution in [0.15, 0.2) is 58.7 Å². The summed E-state index contributed by atoms with van der Waals surface area (Å²) in [6.45, 7) is 5.42. The van der Waals surface area contributed by atoms with Crippen LogP contribution >= 0.6 is 15.9 Å². The Hall–Kier alpha value is -1.42. The van der Waals surface area contributed by atoms with E-state index in [-0.39, 0.29) is 6.54 Å². The van der Waals surface area contributed by atoms with Gasteiger partial charge < -0.3 is 4.90 Å². The molecule has 0 saturated carbocycles. The molecule has 0 aromatic heterocycles. The van der Waals surface area contributed by atoms with Gasteiger partial charge >= 0.3 is 0 Å². The summed E-state index contributed by atoms with van der Waals surface area (Å²) in [5, 5.41) is 0.